The molecule has 1 aromatic carbocycles. The first-order valence-electron chi connectivity index (χ1n) is 11.0. The van der Waals surface area contributed by atoms with Gasteiger partial charge in [-0.2, -0.15) is 0 Å². The molecular formula is C25H31Cl3N4O2S. The lowest BCUT2D eigenvalue weighted by molar-refractivity contribution is 0.0954. The van der Waals surface area contributed by atoms with Gasteiger partial charge in [-0.3, -0.25) is 14.8 Å². The van der Waals surface area contributed by atoms with E-state index in [-0.39, 0.29) is 49.2 Å². The number of halogens is 3. The Morgan fingerprint density at radius 1 is 1.06 bits per heavy atom. The van der Waals surface area contributed by atoms with Crippen LogP contribution in [0.15, 0.2) is 72.1 Å². The zero-order valence-corrected chi connectivity index (χ0v) is 22.5. The molecule has 2 N–H and O–H groups in total. The maximum Gasteiger partial charge on any atom is 0.252 e. The minimum Gasteiger partial charge on any atom is -0.494 e. The van der Waals surface area contributed by atoms with Crippen LogP contribution in [0.2, 0.25) is 0 Å². The van der Waals surface area contributed by atoms with Crippen molar-refractivity contribution in [3.63, 3.8) is 0 Å². The van der Waals surface area contributed by atoms with E-state index < -0.39 is 0 Å². The summed E-state index contributed by atoms with van der Waals surface area (Å²) >= 11 is 1.69. The third kappa shape index (κ3) is 9.50. The van der Waals surface area contributed by atoms with Gasteiger partial charge >= 0.3 is 0 Å². The predicted molar refractivity (Wildman–Crippen MR) is 149 cm³/mol. The summed E-state index contributed by atoms with van der Waals surface area (Å²) in [5, 5.41) is 6.58. The smallest absolute Gasteiger partial charge is 0.252 e. The first-order valence-corrected chi connectivity index (χ1v) is 12.0. The van der Waals surface area contributed by atoms with Crippen LogP contribution < -0.4 is 15.4 Å². The van der Waals surface area contributed by atoms with E-state index >= 15 is 0 Å². The van der Waals surface area contributed by atoms with E-state index in [1.54, 1.807) is 18.0 Å². The number of amides is 1. The van der Waals surface area contributed by atoms with E-state index in [2.05, 4.69) is 38.8 Å². The van der Waals surface area contributed by atoms with Crippen LogP contribution in [-0.4, -0.2) is 41.3 Å². The molecule has 0 radical (unpaired) electrons. The Labute approximate surface area is 229 Å². The number of aryl methyl sites for hydroxylation is 1. The van der Waals surface area contributed by atoms with Gasteiger partial charge in [0, 0.05) is 48.0 Å². The highest BCUT2D eigenvalue weighted by Crippen LogP contribution is 2.29. The summed E-state index contributed by atoms with van der Waals surface area (Å²) in [6.07, 6.45) is 10.3. The molecule has 2 aromatic heterocycles. The molecule has 1 aliphatic heterocycles. The number of carbonyl (C=O) groups is 1. The number of nitrogens with zero attached hydrogens (tertiary/aromatic N) is 2. The summed E-state index contributed by atoms with van der Waals surface area (Å²) in [6.45, 7) is 2.16. The molecule has 3 heterocycles. The quantitative estimate of drug-likeness (QED) is 0.329. The fourth-order valence-corrected chi connectivity index (χ4v) is 4.64. The number of nitrogens with one attached hydrogen (secondary N) is 2. The molecule has 1 unspecified atom stereocenters. The molecule has 0 fully saturated rings. The van der Waals surface area contributed by atoms with Gasteiger partial charge in [0.05, 0.1) is 12.2 Å². The predicted octanol–water partition coefficient (Wildman–Crippen LogP) is 5.31. The molecule has 0 bridgehead atoms. The standard InChI is InChI=1S/C25H28N4O2S.3ClH/c30-25-22-6-5-21(17-24(22)32-16-14-29-25)31-15-2-11-28-23(20-8-12-26-13-9-20)7-4-19-3-1-10-27-18-19;;;/h1,3,5-6,8-10,12-13,17-18,23,28H,2,4,7,11,14-16H2,(H,29,30);3*1H. The highest BCUT2D eigenvalue weighted by molar-refractivity contribution is 7.99. The third-order valence-corrected chi connectivity index (χ3v) is 6.43. The molecule has 0 spiro atoms. The van der Waals surface area contributed by atoms with E-state index in [1.807, 2.05) is 42.9 Å². The molecule has 35 heavy (non-hydrogen) atoms. The minimum absolute atomic E-state index is 0. The van der Waals surface area contributed by atoms with Crippen LogP contribution in [0.3, 0.4) is 0 Å². The molecule has 0 aliphatic carbocycles. The third-order valence-electron chi connectivity index (χ3n) is 5.38. The van der Waals surface area contributed by atoms with E-state index in [4.69, 9.17) is 4.74 Å². The molecule has 190 valence electrons. The van der Waals surface area contributed by atoms with Crippen molar-refractivity contribution in [3.05, 3.63) is 83.9 Å². The van der Waals surface area contributed by atoms with Crippen molar-refractivity contribution < 1.29 is 9.53 Å². The van der Waals surface area contributed by atoms with E-state index in [0.29, 0.717) is 13.2 Å². The lowest BCUT2D eigenvalue weighted by Gasteiger charge is -2.19. The maximum atomic E-state index is 12.1. The number of ether oxygens (including phenoxy) is 1. The van der Waals surface area contributed by atoms with E-state index in [1.165, 1.54) is 11.1 Å². The zero-order valence-electron chi connectivity index (χ0n) is 19.2. The number of pyridine rings is 2. The SMILES string of the molecule is Cl.Cl.Cl.O=C1NCCSc2cc(OCCCNC(CCc3cccnc3)c3ccncc3)ccc21. The molecule has 3 aromatic rings. The average Bonchev–Trinajstić information content (AvgIpc) is 3.03. The van der Waals surface area contributed by atoms with Gasteiger partial charge in [-0.1, -0.05) is 6.07 Å². The van der Waals surface area contributed by atoms with Crippen molar-refractivity contribution in [1.82, 2.24) is 20.6 Å². The fourth-order valence-electron chi connectivity index (χ4n) is 3.70. The Bertz CT molecular complexity index is 1020. The van der Waals surface area contributed by atoms with Gasteiger partial charge in [-0.15, -0.1) is 49.0 Å². The fraction of sp³-hybridized carbons (Fsp3) is 0.320. The van der Waals surface area contributed by atoms with Gasteiger partial charge in [0.2, 0.25) is 0 Å². The summed E-state index contributed by atoms with van der Waals surface area (Å²) in [6, 6.07) is 14.2. The van der Waals surface area contributed by atoms with Crippen LogP contribution in [0.1, 0.15) is 40.4 Å². The Morgan fingerprint density at radius 3 is 2.66 bits per heavy atom. The number of fused-ring (bicyclic) bond motifs is 1. The molecule has 4 rings (SSSR count). The summed E-state index contributed by atoms with van der Waals surface area (Å²) in [7, 11) is 0. The molecule has 0 saturated heterocycles. The van der Waals surface area contributed by atoms with Gasteiger partial charge in [0.1, 0.15) is 5.75 Å². The lowest BCUT2D eigenvalue weighted by atomic mass is 10.0. The van der Waals surface area contributed by atoms with Gasteiger partial charge in [-0.25, -0.2) is 0 Å². The van der Waals surface area contributed by atoms with Crippen molar-refractivity contribution in [3.8, 4) is 5.75 Å². The van der Waals surface area contributed by atoms with E-state index in [0.717, 1.165) is 47.8 Å². The Balaban J connectivity index is 0.00000204. The number of benzene rings is 1. The van der Waals surface area contributed by atoms with Gasteiger partial charge in [-0.05, 0) is 73.3 Å². The van der Waals surface area contributed by atoms with Crippen molar-refractivity contribution in [2.45, 2.75) is 30.2 Å². The topological polar surface area (TPSA) is 76.1 Å². The van der Waals surface area contributed by atoms with Crippen LogP contribution in [0.25, 0.3) is 0 Å². The van der Waals surface area contributed by atoms with Gasteiger partial charge in [0.25, 0.3) is 5.91 Å². The summed E-state index contributed by atoms with van der Waals surface area (Å²) in [5.74, 6) is 1.68. The normalized spacial score (nSPS) is 13.0. The minimum atomic E-state index is -0.00538. The number of carbonyl (C=O) groups excluding carboxylic acids is 1. The summed E-state index contributed by atoms with van der Waals surface area (Å²) in [4.78, 5) is 21.4. The van der Waals surface area contributed by atoms with Crippen LogP contribution >= 0.6 is 49.0 Å². The highest BCUT2D eigenvalue weighted by atomic mass is 35.5. The van der Waals surface area contributed by atoms with Crippen LogP contribution in [0.4, 0.5) is 0 Å². The largest absolute Gasteiger partial charge is 0.494 e. The number of aromatic nitrogens is 2. The highest BCUT2D eigenvalue weighted by Gasteiger charge is 2.16. The molecule has 1 amide bonds. The molecule has 10 heteroatoms. The van der Waals surface area contributed by atoms with Crippen LogP contribution in [-0.2, 0) is 6.42 Å². The van der Waals surface area contributed by atoms with Gasteiger partial charge < -0.3 is 15.4 Å². The van der Waals surface area contributed by atoms with Crippen LogP contribution in [0.5, 0.6) is 5.75 Å². The number of hydrogen-bond acceptors (Lipinski definition) is 6. The van der Waals surface area contributed by atoms with Crippen LogP contribution in [0, 0.1) is 0 Å². The Kier molecular flexibility index (Phi) is 14.7. The second-order valence-corrected chi connectivity index (χ2v) is 8.79. The Hall–Kier alpha value is -2.03. The second-order valence-electron chi connectivity index (χ2n) is 7.65. The average molecular weight is 558 g/mol. The van der Waals surface area contributed by atoms with Crippen molar-refractivity contribution in [2.24, 2.45) is 0 Å². The van der Waals surface area contributed by atoms with Crippen molar-refractivity contribution in [2.75, 3.05) is 25.4 Å². The van der Waals surface area contributed by atoms with Crippen molar-refractivity contribution >= 4 is 54.9 Å². The molecule has 1 aliphatic rings. The monoisotopic (exact) mass is 556 g/mol. The number of thioether (sulfide) groups is 1. The zero-order chi connectivity index (χ0) is 22.0. The molecule has 1 atom stereocenters. The molecule has 6 nitrogen and oxygen atoms in total. The lowest BCUT2D eigenvalue weighted by Crippen LogP contribution is -2.24. The maximum absolute atomic E-state index is 12.1. The summed E-state index contributed by atoms with van der Waals surface area (Å²) in [5.41, 5.74) is 3.22. The number of rotatable bonds is 10. The summed E-state index contributed by atoms with van der Waals surface area (Å²) < 4.78 is 5.96. The van der Waals surface area contributed by atoms with Crippen molar-refractivity contribution in [1.29, 1.82) is 0 Å². The first-order chi connectivity index (χ1) is 15.8. The molecule has 0 saturated carbocycles. The number of hydrogen-bond donors (Lipinski definition) is 2. The molecular weight excluding hydrogens is 527 g/mol. The first kappa shape index (κ1) is 31.0. The van der Waals surface area contributed by atoms with Gasteiger partial charge in [0.15, 0.2) is 0 Å². The van der Waals surface area contributed by atoms with E-state index in [9.17, 15) is 4.79 Å². The second kappa shape index (κ2) is 16.6. The Morgan fingerprint density at radius 2 is 1.89 bits per heavy atom.